The average molecular weight is 467 g/mol. The van der Waals surface area contributed by atoms with Gasteiger partial charge in [-0.05, 0) is 99.9 Å². The summed E-state index contributed by atoms with van der Waals surface area (Å²) in [5.41, 5.74) is 10.8. The first-order valence-electron chi connectivity index (χ1n) is 11.7. The van der Waals surface area contributed by atoms with Gasteiger partial charge in [-0.2, -0.15) is 0 Å². The van der Waals surface area contributed by atoms with Gasteiger partial charge in [-0.1, -0.05) is 30.3 Å². The zero-order chi connectivity index (χ0) is 24.0. The van der Waals surface area contributed by atoms with Gasteiger partial charge in [-0.3, -0.25) is 4.98 Å². The summed E-state index contributed by atoms with van der Waals surface area (Å²) in [5, 5.41) is 4.35. The summed E-state index contributed by atoms with van der Waals surface area (Å²) in [5.74, 6) is 0. The summed E-state index contributed by atoms with van der Waals surface area (Å²) < 4.78 is 2.36. The van der Waals surface area contributed by atoms with Crippen molar-refractivity contribution in [1.82, 2.24) is 14.9 Å². The van der Waals surface area contributed by atoms with E-state index in [2.05, 4.69) is 104 Å². The lowest BCUT2D eigenvalue weighted by molar-refractivity contribution is 0.563. The van der Waals surface area contributed by atoms with E-state index in [1.165, 1.54) is 39.3 Å². The molecule has 0 radical (unpaired) electrons. The first-order valence-corrected chi connectivity index (χ1v) is 12.1. The van der Waals surface area contributed by atoms with Crippen LogP contribution < -0.4 is 10.2 Å². The molecule has 2 atom stereocenters. The van der Waals surface area contributed by atoms with Crippen LogP contribution in [-0.2, 0) is 0 Å². The normalized spacial score (nSPS) is 17.8. The molecule has 34 heavy (non-hydrogen) atoms. The van der Waals surface area contributed by atoms with Gasteiger partial charge >= 0.3 is 0 Å². The minimum absolute atomic E-state index is 0.0211. The third-order valence-corrected chi connectivity index (χ3v) is 7.21. The van der Waals surface area contributed by atoms with Gasteiger partial charge in [-0.15, -0.1) is 0 Å². The van der Waals surface area contributed by atoms with E-state index >= 15 is 0 Å². The number of aromatic nitrogens is 2. The van der Waals surface area contributed by atoms with E-state index in [1.807, 2.05) is 18.3 Å². The number of thiocarbonyl (C=S) groups is 1. The fourth-order valence-corrected chi connectivity index (χ4v) is 5.77. The van der Waals surface area contributed by atoms with E-state index in [0.29, 0.717) is 0 Å². The third kappa shape index (κ3) is 3.70. The van der Waals surface area contributed by atoms with E-state index < -0.39 is 0 Å². The Kier molecular flexibility index (Phi) is 5.74. The zero-order valence-electron chi connectivity index (χ0n) is 20.3. The predicted octanol–water partition coefficient (Wildman–Crippen LogP) is 6.59. The van der Waals surface area contributed by atoms with Crippen molar-refractivity contribution in [2.45, 2.75) is 46.7 Å². The Morgan fingerprint density at radius 3 is 2.12 bits per heavy atom. The first kappa shape index (κ1) is 22.4. The van der Waals surface area contributed by atoms with Crippen molar-refractivity contribution in [3.05, 3.63) is 112 Å². The molecule has 1 aliphatic rings. The highest BCUT2D eigenvalue weighted by Gasteiger charge is 2.43. The molecule has 0 saturated carbocycles. The second-order valence-corrected chi connectivity index (χ2v) is 9.61. The van der Waals surface area contributed by atoms with Crippen LogP contribution in [0.2, 0.25) is 0 Å². The van der Waals surface area contributed by atoms with Crippen LogP contribution in [0.15, 0.2) is 72.9 Å². The third-order valence-electron chi connectivity index (χ3n) is 6.90. The molecule has 2 aromatic heterocycles. The van der Waals surface area contributed by atoms with E-state index in [-0.39, 0.29) is 12.1 Å². The van der Waals surface area contributed by atoms with Crippen molar-refractivity contribution in [3.8, 4) is 5.69 Å². The summed E-state index contributed by atoms with van der Waals surface area (Å²) in [6, 6.07) is 23.2. The highest BCUT2D eigenvalue weighted by atomic mass is 32.1. The molecule has 0 amide bonds. The van der Waals surface area contributed by atoms with Gasteiger partial charge in [0, 0.05) is 34.5 Å². The number of benzene rings is 2. The Labute approximate surface area is 207 Å². The lowest BCUT2D eigenvalue weighted by Gasteiger charge is -2.29. The Morgan fingerprint density at radius 1 is 0.794 bits per heavy atom. The topological polar surface area (TPSA) is 33.1 Å². The molecule has 0 aliphatic carbocycles. The molecular weight excluding hydrogens is 436 g/mol. The van der Waals surface area contributed by atoms with Gasteiger partial charge in [0.2, 0.25) is 0 Å². The van der Waals surface area contributed by atoms with Crippen LogP contribution in [0.25, 0.3) is 5.69 Å². The van der Waals surface area contributed by atoms with Crippen molar-refractivity contribution in [3.63, 3.8) is 0 Å². The van der Waals surface area contributed by atoms with Crippen molar-refractivity contribution in [2.75, 3.05) is 4.90 Å². The Balaban J connectivity index is 1.75. The lowest BCUT2D eigenvalue weighted by Crippen LogP contribution is -2.30. The second kappa shape index (κ2) is 8.73. The maximum Gasteiger partial charge on any atom is 0.174 e. The lowest BCUT2D eigenvalue weighted by atomic mass is 9.93. The molecule has 0 unspecified atom stereocenters. The molecule has 1 aliphatic heterocycles. The van der Waals surface area contributed by atoms with E-state index in [9.17, 15) is 0 Å². The fraction of sp³-hybridized carbons (Fsp3) is 0.241. The van der Waals surface area contributed by atoms with Crippen LogP contribution in [-0.4, -0.2) is 14.7 Å². The standard InChI is InChI=1S/C29H30N4S/c1-18-15-19(2)17-24(16-18)33-28(27(31-29(33)34)25-13-9-10-14-30-25)26-20(3)21(4)32(22(26)5)23-11-7-6-8-12-23/h6-17,27-28H,1-5H3,(H,31,34)/t27-,28+/m1/s1. The maximum absolute atomic E-state index is 5.96. The molecular formula is C29H30N4S. The van der Waals surface area contributed by atoms with Gasteiger partial charge in [0.15, 0.2) is 5.11 Å². The van der Waals surface area contributed by atoms with Crippen molar-refractivity contribution < 1.29 is 0 Å². The van der Waals surface area contributed by atoms with Crippen LogP contribution >= 0.6 is 12.2 Å². The monoisotopic (exact) mass is 466 g/mol. The highest BCUT2D eigenvalue weighted by molar-refractivity contribution is 7.80. The minimum Gasteiger partial charge on any atom is -0.351 e. The van der Waals surface area contributed by atoms with Crippen molar-refractivity contribution in [1.29, 1.82) is 0 Å². The fourth-order valence-electron chi connectivity index (χ4n) is 5.42. The average Bonchev–Trinajstić information content (AvgIpc) is 3.26. The number of hydrogen-bond donors (Lipinski definition) is 1. The van der Waals surface area contributed by atoms with Crippen LogP contribution in [0.4, 0.5) is 5.69 Å². The van der Waals surface area contributed by atoms with E-state index in [0.717, 1.165) is 16.5 Å². The number of anilines is 1. The molecule has 1 N–H and O–H groups in total. The molecule has 4 aromatic rings. The van der Waals surface area contributed by atoms with Crippen molar-refractivity contribution >= 4 is 23.0 Å². The SMILES string of the molecule is Cc1cc(C)cc(N2C(=S)N[C@H](c3ccccn3)[C@@H]2c2c(C)c(C)n(-c3ccccc3)c2C)c1. The molecule has 3 heterocycles. The Bertz CT molecular complexity index is 1340. The Morgan fingerprint density at radius 2 is 1.47 bits per heavy atom. The molecule has 0 bridgehead atoms. The van der Waals surface area contributed by atoms with Gasteiger partial charge in [0.25, 0.3) is 0 Å². The Hall–Kier alpha value is -3.44. The number of nitrogens with one attached hydrogen (secondary N) is 1. The smallest absolute Gasteiger partial charge is 0.174 e. The summed E-state index contributed by atoms with van der Waals surface area (Å²) in [7, 11) is 0. The first-order chi connectivity index (χ1) is 16.4. The number of aryl methyl sites for hydroxylation is 2. The molecule has 4 nitrogen and oxygen atoms in total. The zero-order valence-corrected chi connectivity index (χ0v) is 21.1. The van der Waals surface area contributed by atoms with Gasteiger partial charge < -0.3 is 14.8 Å². The summed E-state index contributed by atoms with van der Waals surface area (Å²) in [6.07, 6.45) is 1.86. The summed E-state index contributed by atoms with van der Waals surface area (Å²) in [6.45, 7) is 10.9. The van der Waals surface area contributed by atoms with Gasteiger partial charge in [-0.25, -0.2) is 0 Å². The number of pyridine rings is 1. The summed E-state index contributed by atoms with van der Waals surface area (Å²) >= 11 is 5.96. The molecule has 5 heteroatoms. The van der Waals surface area contributed by atoms with Crippen LogP contribution in [0.5, 0.6) is 0 Å². The van der Waals surface area contributed by atoms with Crippen LogP contribution in [0.3, 0.4) is 0 Å². The molecule has 1 saturated heterocycles. The highest BCUT2D eigenvalue weighted by Crippen LogP contribution is 2.45. The minimum atomic E-state index is -0.0575. The molecule has 1 fully saturated rings. The van der Waals surface area contributed by atoms with E-state index in [4.69, 9.17) is 17.2 Å². The maximum atomic E-state index is 5.96. The number of nitrogens with zero attached hydrogens (tertiary/aromatic N) is 3. The van der Waals surface area contributed by atoms with Crippen LogP contribution in [0, 0.1) is 34.6 Å². The second-order valence-electron chi connectivity index (χ2n) is 9.22. The number of para-hydroxylation sites is 1. The number of hydrogen-bond acceptors (Lipinski definition) is 2. The van der Waals surface area contributed by atoms with Crippen LogP contribution in [0.1, 0.15) is 51.4 Å². The largest absolute Gasteiger partial charge is 0.351 e. The quantitative estimate of drug-likeness (QED) is 0.344. The summed E-state index contributed by atoms with van der Waals surface area (Å²) in [4.78, 5) is 7.02. The molecule has 2 aromatic carbocycles. The number of rotatable bonds is 4. The van der Waals surface area contributed by atoms with Gasteiger partial charge in [0.05, 0.1) is 17.8 Å². The predicted molar refractivity (Wildman–Crippen MR) is 144 cm³/mol. The van der Waals surface area contributed by atoms with Gasteiger partial charge in [0.1, 0.15) is 0 Å². The molecule has 5 rings (SSSR count). The molecule has 0 spiro atoms. The van der Waals surface area contributed by atoms with Crippen molar-refractivity contribution in [2.24, 2.45) is 0 Å². The molecule has 172 valence electrons. The van der Waals surface area contributed by atoms with E-state index in [1.54, 1.807) is 0 Å².